The van der Waals surface area contributed by atoms with E-state index in [9.17, 15) is 5.11 Å². The molecular formula is C12H20N4O. The first-order valence-corrected chi connectivity index (χ1v) is 6.03. The molecule has 0 aliphatic heterocycles. The summed E-state index contributed by atoms with van der Waals surface area (Å²) in [6.45, 7) is 1.71. The van der Waals surface area contributed by atoms with Crippen molar-refractivity contribution in [3.05, 3.63) is 18.0 Å². The van der Waals surface area contributed by atoms with E-state index in [0.717, 1.165) is 37.4 Å². The van der Waals surface area contributed by atoms with Crippen molar-refractivity contribution in [3.8, 4) is 0 Å². The maximum Gasteiger partial charge on any atom is 0.225 e. The molecule has 1 aromatic heterocycles. The smallest absolute Gasteiger partial charge is 0.225 e. The fourth-order valence-electron chi connectivity index (χ4n) is 2.16. The normalized spacial score (nSPS) is 23.2. The average molecular weight is 236 g/mol. The maximum absolute atomic E-state index is 9.24. The van der Waals surface area contributed by atoms with Gasteiger partial charge in [-0.25, -0.2) is 9.97 Å². The second-order valence-corrected chi connectivity index (χ2v) is 4.79. The third-order valence-electron chi connectivity index (χ3n) is 3.16. The Morgan fingerprint density at radius 1 is 1.41 bits per heavy atom. The molecule has 0 atom stereocenters. The van der Waals surface area contributed by atoms with Crippen molar-refractivity contribution >= 4 is 5.95 Å². The zero-order chi connectivity index (χ0) is 12.3. The lowest BCUT2D eigenvalue weighted by atomic mass is 9.82. The number of nitrogens with one attached hydrogen (secondary N) is 1. The van der Waals surface area contributed by atoms with Gasteiger partial charge in [0.25, 0.3) is 0 Å². The van der Waals surface area contributed by atoms with Gasteiger partial charge in [0.15, 0.2) is 0 Å². The molecule has 1 aliphatic carbocycles. The third kappa shape index (κ3) is 3.14. The van der Waals surface area contributed by atoms with Crippen LogP contribution in [-0.2, 0) is 6.54 Å². The Balaban J connectivity index is 1.87. The van der Waals surface area contributed by atoms with Crippen molar-refractivity contribution in [3.63, 3.8) is 0 Å². The lowest BCUT2D eigenvalue weighted by Gasteiger charge is -2.34. The molecule has 0 unspecified atom stereocenters. The lowest BCUT2D eigenvalue weighted by molar-refractivity contribution is 0.0463. The molecule has 1 saturated carbocycles. The monoisotopic (exact) mass is 236 g/mol. The van der Waals surface area contributed by atoms with E-state index in [-0.39, 0.29) is 6.10 Å². The van der Waals surface area contributed by atoms with E-state index in [1.807, 2.05) is 26.5 Å². The topological polar surface area (TPSA) is 61.3 Å². The average Bonchev–Trinajstić information content (AvgIpc) is 2.28. The van der Waals surface area contributed by atoms with Crippen molar-refractivity contribution in [2.24, 2.45) is 5.92 Å². The fourth-order valence-corrected chi connectivity index (χ4v) is 2.16. The molecule has 0 spiro atoms. The Morgan fingerprint density at radius 3 is 2.59 bits per heavy atom. The Labute approximate surface area is 102 Å². The number of aliphatic hydroxyl groups is 1. The molecule has 1 heterocycles. The van der Waals surface area contributed by atoms with Gasteiger partial charge in [0, 0.05) is 38.1 Å². The predicted molar refractivity (Wildman–Crippen MR) is 66.8 cm³/mol. The molecular weight excluding hydrogens is 216 g/mol. The highest BCUT2D eigenvalue weighted by molar-refractivity contribution is 5.28. The van der Waals surface area contributed by atoms with Crippen LogP contribution in [0.3, 0.4) is 0 Å². The lowest BCUT2D eigenvalue weighted by Crippen LogP contribution is -2.37. The van der Waals surface area contributed by atoms with Gasteiger partial charge in [0.05, 0.1) is 6.10 Å². The van der Waals surface area contributed by atoms with E-state index < -0.39 is 0 Å². The molecule has 17 heavy (non-hydrogen) atoms. The Kier molecular flexibility index (Phi) is 3.91. The minimum atomic E-state index is -0.0904. The van der Waals surface area contributed by atoms with Crippen LogP contribution < -0.4 is 10.2 Å². The second kappa shape index (κ2) is 5.42. The van der Waals surface area contributed by atoms with Crippen molar-refractivity contribution in [2.45, 2.75) is 25.5 Å². The van der Waals surface area contributed by atoms with Gasteiger partial charge in [-0.05, 0) is 25.8 Å². The van der Waals surface area contributed by atoms with Crippen LogP contribution in [0.1, 0.15) is 18.4 Å². The fraction of sp³-hybridized carbons (Fsp3) is 0.667. The first-order valence-electron chi connectivity index (χ1n) is 6.03. The summed E-state index contributed by atoms with van der Waals surface area (Å²) in [6.07, 6.45) is 5.42. The van der Waals surface area contributed by atoms with Crippen molar-refractivity contribution in [1.82, 2.24) is 15.3 Å². The molecule has 0 bridgehead atoms. The number of anilines is 1. The Morgan fingerprint density at radius 2 is 2.06 bits per heavy atom. The maximum atomic E-state index is 9.24. The first-order chi connectivity index (χ1) is 8.19. The van der Waals surface area contributed by atoms with E-state index in [4.69, 9.17) is 0 Å². The molecule has 5 heteroatoms. The van der Waals surface area contributed by atoms with Crippen LogP contribution in [0.4, 0.5) is 5.95 Å². The molecule has 1 fully saturated rings. The highest BCUT2D eigenvalue weighted by Gasteiger charge is 2.28. The summed E-state index contributed by atoms with van der Waals surface area (Å²) in [5, 5.41) is 12.3. The highest BCUT2D eigenvalue weighted by Crippen LogP contribution is 2.28. The largest absolute Gasteiger partial charge is 0.393 e. The van der Waals surface area contributed by atoms with Gasteiger partial charge in [0.1, 0.15) is 0 Å². The molecule has 0 amide bonds. The Hall–Kier alpha value is -1.20. The molecule has 0 aromatic carbocycles. The molecule has 0 saturated heterocycles. The van der Waals surface area contributed by atoms with Crippen LogP contribution in [-0.4, -0.2) is 41.8 Å². The second-order valence-electron chi connectivity index (χ2n) is 4.79. The van der Waals surface area contributed by atoms with E-state index >= 15 is 0 Å². The van der Waals surface area contributed by atoms with Crippen LogP contribution >= 0.6 is 0 Å². The van der Waals surface area contributed by atoms with Gasteiger partial charge in [-0.2, -0.15) is 0 Å². The van der Waals surface area contributed by atoms with Crippen LogP contribution in [0.5, 0.6) is 0 Å². The van der Waals surface area contributed by atoms with Gasteiger partial charge >= 0.3 is 0 Å². The van der Waals surface area contributed by atoms with E-state index in [2.05, 4.69) is 20.2 Å². The number of aromatic nitrogens is 2. The van der Waals surface area contributed by atoms with Gasteiger partial charge in [-0.15, -0.1) is 0 Å². The van der Waals surface area contributed by atoms with Gasteiger partial charge in [-0.3, -0.25) is 0 Å². The standard InChI is InChI=1S/C12H20N4O/c1-13-5-10-6-14-12(15-7-10)16(2)8-9-3-11(17)4-9/h6-7,9,11,13,17H,3-5,8H2,1-2H3. The van der Waals surface area contributed by atoms with Crippen LogP contribution in [0, 0.1) is 5.92 Å². The van der Waals surface area contributed by atoms with Gasteiger partial charge < -0.3 is 15.3 Å². The highest BCUT2D eigenvalue weighted by atomic mass is 16.3. The minimum absolute atomic E-state index is 0.0904. The van der Waals surface area contributed by atoms with Crippen molar-refractivity contribution in [1.29, 1.82) is 0 Å². The SMILES string of the molecule is CNCc1cnc(N(C)CC2CC(O)C2)nc1. The van der Waals surface area contributed by atoms with Gasteiger partial charge in [-0.1, -0.05) is 0 Å². The first kappa shape index (κ1) is 12.3. The van der Waals surface area contributed by atoms with E-state index in [1.54, 1.807) is 0 Å². The molecule has 2 rings (SSSR count). The molecule has 0 radical (unpaired) electrons. The molecule has 5 nitrogen and oxygen atoms in total. The summed E-state index contributed by atoms with van der Waals surface area (Å²) in [7, 11) is 3.90. The summed E-state index contributed by atoms with van der Waals surface area (Å²) in [6, 6.07) is 0. The summed E-state index contributed by atoms with van der Waals surface area (Å²) < 4.78 is 0. The Bertz CT molecular complexity index is 348. The van der Waals surface area contributed by atoms with Crippen LogP contribution in [0.25, 0.3) is 0 Å². The molecule has 1 aliphatic rings. The summed E-state index contributed by atoms with van der Waals surface area (Å²) >= 11 is 0. The van der Waals surface area contributed by atoms with E-state index in [1.165, 1.54) is 0 Å². The van der Waals surface area contributed by atoms with Gasteiger partial charge in [0.2, 0.25) is 5.95 Å². The molecule has 2 N–H and O–H groups in total. The van der Waals surface area contributed by atoms with Crippen molar-refractivity contribution < 1.29 is 5.11 Å². The number of hydrogen-bond acceptors (Lipinski definition) is 5. The predicted octanol–water partition coefficient (Wildman–Crippen LogP) is 0.403. The third-order valence-corrected chi connectivity index (χ3v) is 3.16. The zero-order valence-electron chi connectivity index (χ0n) is 10.4. The number of nitrogens with zero attached hydrogens (tertiary/aromatic N) is 3. The quantitative estimate of drug-likeness (QED) is 0.775. The molecule has 94 valence electrons. The number of hydrogen-bond donors (Lipinski definition) is 2. The summed E-state index contributed by atoms with van der Waals surface area (Å²) in [5.41, 5.74) is 1.09. The summed E-state index contributed by atoms with van der Waals surface area (Å²) in [5.74, 6) is 1.34. The minimum Gasteiger partial charge on any atom is -0.393 e. The number of rotatable bonds is 5. The van der Waals surface area contributed by atoms with E-state index in [0.29, 0.717) is 5.92 Å². The molecule has 1 aromatic rings. The zero-order valence-corrected chi connectivity index (χ0v) is 10.4. The van der Waals surface area contributed by atoms with Crippen LogP contribution in [0.2, 0.25) is 0 Å². The van der Waals surface area contributed by atoms with Crippen LogP contribution in [0.15, 0.2) is 12.4 Å². The van der Waals surface area contributed by atoms with Crippen molar-refractivity contribution in [2.75, 3.05) is 25.5 Å². The number of aliphatic hydroxyl groups excluding tert-OH is 1. The summed E-state index contributed by atoms with van der Waals surface area (Å²) in [4.78, 5) is 10.7.